The van der Waals surface area contributed by atoms with Crippen molar-refractivity contribution in [1.82, 2.24) is 10.2 Å². The largest absolute Gasteiger partial charge is 0.375 e. The molecular weight excluding hydrogens is 228 g/mol. The number of nitrogens with one attached hydrogen (secondary N) is 1. The van der Waals surface area contributed by atoms with E-state index in [9.17, 15) is 4.79 Å². The van der Waals surface area contributed by atoms with Crippen LogP contribution < -0.4 is 5.32 Å². The summed E-state index contributed by atoms with van der Waals surface area (Å²) < 4.78 is 5.57. The van der Waals surface area contributed by atoms with E-state index >= 15 is 0 Å². The Labute approximate surface area is 110 Å². The predicted molar refractivity (Wildman–Crippen MR) is 71.4 cm³/mol. The summed E-state index contributed by atoms with van der Waals surface area (Å²) >= 11 is 0. The summed E-state index contributed by atoms with van der Waals surface area (Å²) in [4.78, 5) is 14.4. The molecule has 1 amide bonds. The summed E-state index contributed by atoms with van der Waals surface area (Å²) in [6.07, 6.45) is 3.27. The van der Waals surface area contributed by atoms with E-state index in [1.807, 2.05) is 11.8 Å². The van der Waals surface area contributed by atoms with Crippen molar-refractivity contribution in [2.24, 2.45) is 5.92 Å². The smallest absolute Gasteiger partial charge is 0.224 e. The lowest BCUT2D eigenvalue weighted by Gasteiger charge is -2.38. The van der Waals surface area contributed by atoms with Gasteiger partial charge in [-0.2, -0.15) is 0 Å². The molecule has 18 heavy (non-hydrogen) atoms. The van der Waals surface area contributed by atoms with Crippen LogP contribution in [0.4, 0.5) is 0 Å². The van der Waals surface area contributed by atoms with Crippen molar-refractivity contribution >= 4 is 5.91 Å². The Morgan fingerprint density at radius 2 is 2.17 bits per heavy atom. The third-order valence-corrected chi connectivity index (χ3v) is 4.25. The average molecular weight is 254 g/mol. The number of morpholine rings is 1. The number of hydrogen-bond acceptors (Lipinski definition) is 3. The summed E-state index contributed by atoms with van der Waals surface area (Å²) in [6, 6.07) is 0.573. The second kappa shape index (κ2) is 6.02. The van der Waals surface area contributed by atoms with Crippen molar-refractivity contribution in [1.29, 1.82) is 0 Å². The Bertz CT molecular complexity index is 296. The minimum absolute atomic E-state index is 0.168. The molecule has 0 aromatic heterocycles. The maximum atomic E-state index is 12.4. The second-order valence-electron chi connectivity index (χ2n) is 5.92. The molecule has 2 aliphatic rings. The molecule has 0 saturated carbocycles. The quantitative estimate of drug-likeness (QED) is 0.810. The number of hydrogen-bond donors (Lipinski definition) is 1. The summed E-state index contributed by atoms with van der Waals surface area (Å²) in [6.45, 7) is 8.81. The average Bonchev–Trinajstić information content (AvgIpc) is 2.35. The molecule has 104 valence electrons. The van der Waals surface area contributed by atoms with E-state index in [1.165, 1.54) is 12.8 Å². The number of carbonyl (C=O) groups is 1. The molecule has 2 heterocycles. The lowest BCUT2D eigenvalue weighted by molar-refractivity contribution is -0.144. The fraction of sp³-hybridized carbons (Fsp3) is 0.929. The van der Waals surface area contributed by atoms with Crippen LogP contribution in [0.1, 0.15) is 40.0 Å². The first-order valence-electron chi connectivity index (χ1n) is 7.22. The van der Waals surface area contributed by atoms with Gasteiger partial charge in [-0.3, -0.25) is 4.79 Å². The molecule has 0 aliphatic carbocycles. The minimum atomic E-state index is 0.168. The van der Waals surface area contributed by atoms with Crippen LogP contribution in [0.2, 0.25) is 0 Å². The van der Waals surface area contributed by atoms with Crippen LogP contribution in [0.15, 0.2) is 0 Å². The van der Waals surface area contributed by atoms with Crippen LogP contribution in [-0.4, -0.2) is 48.7 Å². The van der Waals surface area contributed by atoms with Gasteiger partial charge in [0.15, 0.2) is 0 Å². The highest BCUT2D eigenvalue weighted by Crippen LogP contribution is 2.20. The predicted octanol–water partition coefficient (Wildman–Crippen LogP) is 1.40. The van der Waals surface area contributed by atoms with Crippen molar-refractivity contribution in [3.8, 4) is 0 Å². The van der Waals surface area contributed by atoms with Crippen LogP contribution in [0.25, 0.3) is 0 Å². The highest BCUT2D eigenvalue weighted by atomic mass is 16.5. The Kier molecular flexibility index (Phi) is 4.62. The lowest BCUT2D eigenvalue weighted by Crippen LogP contribution is -2.52. The number of ether oxygens (including phenoxy) is 1. The second-order valence-corrected chi connectivity index (χ2v) is 5.92. The van der Waals surface area contributed by atoms with Gasteiger partial charge in [0.05, 0.1) is 18.8 Å². The van der Waals surface area contributed by atoms with Crippen molar-refractivity contribution in [3.05, 3.63) is 0 Å². The standard InChI is InChI=1S/C14H26N2O2/c1-10-5-4-6-15-13(10)7-14(17)16-8-12(3)18-9-11(16)2/h10-13,15H,4-9H2,1-3H3. The molecule has 4 nitrogen and oxygen atoms in total. The Balaban J connectivity index is 1.89. The van der Waals surface area contributed by atoms with Crippen LogP contribution in [-0.2, 0) is 9.53 Å². The van der Waals surface area contributed by atoms with Gasteiger partial charge in [-0.15, -0.1) is 0 Å². The summed E-state index contributed by atoms with van der Waals surface area (Å²) in [5, 5.41) is 3.49. The molecule has 2 saturated heterocycles. The van der Waals surface area contributed by atoms with E-state index in [4.69, 9.17) is 4.74 Å². The molecule has 1 N–H and O–H groups in total. The number of nitrogens with zero attached hydrogens (tertiary/aromatic N) is 1. The topological polar surface area (TPSA) is 41.6 Å². The summed E-state index contributed by atoms with van der Waals surface area (Å²) in [7, 11) is 0. The van der Waals surface area contributed by atoms with E-state index in [0.717, 1.165) is 13.1 Å². The fourth-order valence-electron chi connectivity index (χ4n) is 2.94. The first-order chi connectivity index (χ1) is 8.58. The van der Waals surface area contributed by atoms with Gasteiger partial charge < -0.3 is 15.0 Å². The molecule has 0 spiro atoms. The number of piperidine rings is 1. The lowest BCUT2D eigenvalue weighted by atomic mass is 9.90. The normalized spacial score (nSPS) is 37.6. The highest BCUT2D eigenvalue weighted by molar-refractivity contribution is 5.77. The zero-order valence-electron chi connectivity index (χ0n) is 11.8. The molecule has 0 aromatic carbocycles. The van der Waals surface area contributed by atoms with Gasteiger partial charge in [0.25, 0.3) is 0 Å². The first-order valence-corrected chi connectivity index (χ1v) is 7.22. The molecule has 0 aromatic rings. The summed E-state index contributed by atoms with van der Waals surface area (Å²) in [5.41, 5.74) is 0. The highest BCUT2D eigenvalue weighted by Gasteiger charge is 2.30. The van der Waals surface area contributed by atoms with E-state index in [1.54, 1.807) is 0 Å². The van der Waals surface area contributed by atoms with Crippen molar-refractivity contribution in [2.45, 2.75) is 58.2 Å². The van der Waals surface area contributed by atoms with Gasteiger partial charge in [0, 0.05) is 19.0 Å². The van der Waals surface area contributed by atoms with Crippen LogP contribution in [0.5, 0.6) is 0 Å². The Morgan fingerprint density at radius 3 is 2.89 bits per heavy atom. The first kappa shape index (κ1) is 13.8. The monoisotopic (exact) mass is 254 g/mol. The molecule has 2 aliphatic heterocycles. The maximum Gasteiger partial charge on any atom is 0.224 e. The van der Waals surface area contributed by atoms with Crippen LogP contribution in [0.3, 0.4) is 0 Å². The molecule has 0 radical (unpaired) electrons. The van der Waals surface area contributed by atoms with Crippen LogP contribution in [0, 0.1) is 5.92 Å². The molecule has 4 unspecified atom stereocenters. The van der Waals surface area contributed by atoms with E-state index in [2.05, 4.69) is 19.2 Å². The third-order valence-electron chi connectivity index (χ3n) is 4.25. The van der Waals surface area contributed by atoms with Crippen molar-refractivity contribution in [2.75, 3.05) is 19.7 Å². The van der Waals surface area contributed by atoms with E-state index in [-0.39, 0.29) is 18.1 Å². The van der Waals surface area contributed by atoms with Crippen molar-refractivity contribution < 1.29 is 9.53 Å². The van der Waals surface area contributed by atoms with E-state index < -0.39 is 0 Å². The summed E-state index contributed by atoms with van der Waals surface area (Å²) in [5.74, 6) is 0.889. The van der Waals surface area contributed by atoms with Crippen molar-refractivity contribution in [3.63, 3.8) is 0 Å². The molecule has 4 atom stereocenters. The van der Waals surface area contributed by atoms with Gasteiger partial charge >= 0.3 is 0 Å². The molecule has 2 fully saturated rings. The molecular formula is C14H26N2O2. The number of rotatable bonds is 2. The van der Waals surface area contributed by atoms with Gasteiger partial charge in [-0.25, -0.2) is 0 Å². The molecule has 0 bridgehead atoms. The Morgan fingerprint density at radius 1 is 1.39 bits per heavy atom. The third kappa shape index (κ3) is 3.23. The zero-order valence-corrected chi connectivity index (χ0v) is 11.8. The number of amides is 1. The SMILES string of the molecule is CC1CN(C(=O)CC2NCCCC2C)C(C)CO1. The molecule has 2 rings (SSSR count). The fourth-order valence-corrected chi connectivity index (χ4v) is 2.94. The zero-order chi connectivity index (χ0) is 13.1. The molecule has 4 heteroatoms. The van der Waals surface area contributed by atoms with Gasteiger partial charge in [-0.1, -0.05) is 6.92 Å². The van der Waals surface area contributed by atoms with Gasteiger partial charge in [-0.05, 0) is 39.2 Å². The minimum Gasteiger partial charge on any atom is -0.375 e. The number of carbonyl (C=O) groups excluding carboxylic acids is 1. The van der Waals surface area contributed by atoms with Crippen LogP contribution >= 0.6 is 0 Å². The van der Waals surface area contributed by atoms with E-state index in [0.29, 0.717) is 25.0 Å². The van der Waals surface area contributed by atoms with Gasteiger partial charge in [0.2, 0.25) is 5.91 Å². The Hall–Kier alpha value is -0.610. The maximum absolute atomic E-state index is 12.4. The van der Waals surface area contributed by atoms with Gasteiger partial charge in [0.1, 0.15) is 0 Å².